The first-order chi connectivity index (χ1) is 14.1. The van der Waals surface area contributed by atoms with Crippen LogP contribution in [0.2, 0.25) is 0 Å². The first-order valence-corrected chi connectivity index (χ1v) is 8.81. The minimum absolute atomic E-state index is 0.0410. The van der Waals surface area contributed by atoms with Gasteiger partial charge in [0.1, 0.15) is 12.4 Å². The largest absolute Gasteiger partial charge is 0.467 e. The van der Waals surface area contributed by atoms with Gasteiger partial charge in [-0.3, -0.25) is 10.1 Å². The average Bonchev–Trinajstić information content (AvgIpc) is 2.75. The second kappa shape index (κ2) is 8.07. The van der Waals surface area contributed by atoms with Gasteiger partial charge in [-0.25, -0.2) is 9.78 Å². The van der Waals surface area contributed by atoms with E-state index in [2.05, 4.69) is 4.98 Å². The molecule has 8 heteroatoms. The predicted octanol–water partition coefficient (Wildman–Crippen LogP) is 3.77. The molecular weight excluding hydrogens is 376 g/mol. The fraction of sp³-hybridized carbons (Fsp3) is 0.143. The number of rotatable bonds is 5. The maximum Gasteiger partial charge on any atom is 0.331 e. The summed E-state index contributed by atoms with van der Waals surface area (Å²) >= 11 is 0. The zero-order valence-electron chi connectivity index (χ0n) is 15.2. The lowest BCUT2D eigenvalue weighted by Gasteiger charge is -2.20. The molecule has 3 aromatic rings. The van der Waals surface area contributed by atoms with Crippen LogP contribution in [0.1, 0.15) is 16.8 Å². The van der Waals surface area contributed by atoms with Gasteiger partial charge in [-0.1, -0.05) is 24.3 Å². The lowest BCUT2D eigenvalue weighted by Crippen LogP contribution is -2.14. The van der Waals surface area contributed by atoms with Crippen molar-refractivity contribution in [2.45, 2.75) is 13.2 Å². The predicted molar refractivity (Wildman–Crippen MR) is 104 cm³/mol. The zero-order chi connectivity index (χ0) is 20.2. The molecule has 2 aromatic carbocycles. The molecule has 0 amide bonds. The SMILES string of the molecule is O=C(C=Cc1ccc2ccccc2n1)OCc1cc([N+](=O)[O-])cc2c1OCOC2. The molecule has 2 heterocycles. The fourth-order valence-corrected chi connectivity index (χ4v) is 3.02. The van der Waals surface area contributed by atoms with Gasteiger partial charge in [0.2, 0.25) is 0 Å². The van der Waals surface area contributed by atoms with Crippen molar-refractivity contribution in [3.05, 3.63) is 81.5 Å². The molecule has 1 aliphatic heterocycles. The summed E-state index contributed by atoms with van der Waals surface area (Å²) in [6.45, 7) is 0.0864. The Morgan fingerprint density at radius 2 is 2.10 bits per heavy atom. The van der Waals surface area contributed by atoms with Crippen LogP contribution >= 0.6 is 0 Å². The molecule has 0 fully saturated rings. The highest BCUT2D eigenvalue weighted by atomic mass is 16.7. The molecule has 1 aliphatic rings. The van der Waals surface area contributed by atoms with Crippen LogP contribution in [0.15, 0.2) is 54.6 Å². The highest BCUT2D eigenvalue weighted by Crippen LogP contribution is 2.33. The van der Waals surface area contributed by atoms with Crippen LogP contribution in [-0.4, -0.2) is 22.7 Å². The third kappa shape index (κ3) is 4.22. The summed E-state index contributed by atoms with van der Waals surface area (Å²) in [5.41, 5.74) is 2.30. The highest BCUT2D eigenvalue weighted by Gasteiger charge is 2.21. The van der Waals surface area contributed by atoms with Gasteiger partial charge in [-0.05, 0) is 18.2 Å². The number of para-hydroxylation sites is 1. The molecule has 4 rings (SSSR count). The van der Waals surface area contributed by atoms with E-state index >= 15 is 0 Å². The molecule has 0 atom stereocenters. The van der Waals surface area contributed by atoms with Crippen LogP contribution in [0.25, 0.3) is 17.0 Å². The van der Waals surface area contributed by atoms with Gasteiger partial charge in [0, 0.05) is 34.7 Å². The molecule has 0 radical (unpaired) electrons. The molecule has 1 aromatic heterocycles. The molecule has 0 bridgehead atoms. The molecule has 0 saturated heterocycles. The van der Waals surface area contributed by atoms with Crippen molar-refractivity contribution < 1.29 is 23.9 Å². The summed E-state index contributed by atoms with van der Waals surface area (Å²) in [4.78, 5) is 27.2. The number of hydrogen-bond donors (Lipinski definition) is 0. The minimum atomic E-state index is -0.590. The van der Waals surface area contributed by atoms with E-state index in [0.29, 0.717) is 22.6 Å². The second-order valence-electron chi connectivity index (χ2n) is 6.33. The summed E-state index contributed by atoms with van der Waals surface area (Å²) < 4.78 is 15.8. The Bertz CT molecular complexity index is 1130. The number of nitro groups is 1. The van der Waals surface area contributed by atoms with Crippen LogP contribution in [0.4, 0.5) is 5.69 Å². The first kappa shape index (κ1) is 18.6. The lowest BCUT2D eigenvalue weighted by molar-refractivity contribution is -0.385. The number of non-ortho nitro benzene ring substituents is 1. The summed E-state index contributed by atoms with van der Waals surface area (Å²) in [5, 5.41) is 12.1. The number of nitro benzene ring substituents is 1. The summed E-state index contributed by atoms with van der Waals surface area (Å²) in [6.07, 6.45) is 2.83. The number of hydrogen-bond acceptors (Lipinski definition) is 7. The average molecular weight is 392 g/mol. The lowest BCUT2D eigenvalue weighted by atomic mass is 10.1. The minimum Gasteiger partial charge on any atom is -0.467 e. The number of ether oxygens (including phenoxy) is 3. The Balaban J connectivity index is 1.47. The Morgan fingerprint density at radius 3 is 2.97 bits per heavy atom. The van der Waals surface area contributed by atoms with E-state index < -0.39 is 10.9 Å². The number of nitrogens with zero attached hydrogens (tertiary/aromatic N) is 2. The van der Waals surface area contributed by atoms with Gasteiger partial charge in [0.25, 0.3) is 5.69 Å². The summed E-state index contributed by atoms with van der Waals surface area (Å²) in [7, 11) is 0. The number of pyridine rings is 1. The molecular formula is C21H16N2O6. The summed E-state index contributed by atoms with van der Waals surface area (Å²) in [5.74, 6) is -0.137. The molecule has 0 N–H and O–H groups in total. The van der Waals surface area contributed by atoms with E-state index in [4.69, 9.17) is 14.2 Å². The normalized spacial score (nSPS) is 13.1. The molecule has 146 valence electrons. The van der Waals surface area contributed by atoms with Gasteiger partial charge in [0.05, 0.1) is 22.7 Å². The zero-order valence-corrected chi connectivity index (χ0v) is 15.2. The van der Waals surface area contributed by atoms with Gasteiger partial charge in [-0.2, -0.15) is 0 Å². The monoisotopic (exact) mass is 392 g/mol. The number of carbonyl (C=O) groups excluding carboxylic acids is 1. The molecule has 0 saturated carbocycles. The summed E-state index contributed by atoms with van der Waals surface area (Å²) in [6, 6.07) is 14.1. The Hall–Kier alpha value is -3.78. The Labute approximate surface area is 165 Å². The van der Waals surface area contributed by atoms with E-state index in [1.54, 1.807) is 12.1 Å². The third-order valence-electron chi connectivity index (χ3n) is 4.36. The number of esters is 1. The van der Waals surface area contributed by atoms with Gasteiger partial charge < -0.3 is 14.2 Å². The molecule has 8 nitrogen and oxygen atoms in total. The second-order valence-corrected chi connectivity index (χ2v) is 6.33. The first-order valence-electron chi connectivity index (χ1n) is 8.81. The van der Waals surface area contributed by atoms with Gasteiger partial charge in [-0.15, -0.1) is 0 Å². The quantitative estimate of drug-likeness (QED) is 0.282. The Kier molecular flexibility index (Phi) is 5.17. The number of fused-ring (bicyclic) bond motifs is 2. The van der Waals surface area contributed by atoms with Gasteiger partial charge in [0.15, 0.2) is 6.79 Å². The topological polar surface area (TPSA) is 101 Å². The van der Waals surface area contributed by atoms with Crippen LogP contribution in [0, 0.1) is 10.1 Å². The Morgan fingerprint density at radius 1 is 1.24 bits per heavy atom. The van der Waals surface area contributed by atoms with Crippen molar-refractivity contribution in [2.75, 3.05) is 6.79 Å². The van der Waals surface area contributed by atoms with E-state index in [1.807, 2.05) is 30.3 Å². The standard InChI is InChI=1S/C21H16N2O6/c24-20(8-7-17-6-5-14-3-1-2-4-19(14)22-17)28-12-16-10-18(23(25)26)9-15-11-27-13-29-21(15)16/h1-10H,11-13H2. The van der Waals surface area contributed by atoms with Crippen LogP contribution < -0.4 is 4.74 Å². The van der Waals surface area contributed by atoms with E-state index in [-0.39, 0.29) is 25.7 Å². The maximum atomic E-state index is 12.1. The third-order valence-corrected chi connectivity index (χ3v) is 4.36. The molecule has 0 aliphatic carbocycles. The molecule has 29 heavy (non-hydrogen) atoms. The fourth-order valence-electron chi connectivity index (χ4n) is 3.02. The van der Waals surface area contributed by atoms with Crippen LogP contribution in [0.3, 0.4) is 0 Å². The van der Waals surface area contributed by atoms with Crippen LogP contribution in [0.5, 0.6) is 5.75 Å². The van der Waals surface area contributed by atoms with E-state index in [0.717, 1.165) is 10.9 Å². The highest BCUT2D eigenvalue weighted by molar-refractivity contribution is 5.87. The van der Waals surface area contributed by atoms with Gasteiger partial charge >= 0.3 is 5.97 Å². The van der Waals surface area contributed by atoms with Crippen molar-refractivity contribution in [3.63, 3.8) is 0 Å². The van der Waals surface area contributed by atoms with Crippen molar-refractivity contribution in [1.82, 2.24) is 4.98 Å². The number of benzene rings is 2. The maximum absolute atomic E-state index is 12.1. The number of aromatic nitrogens is 1. The molecule has 0 unspecified atom stereocenters. The molecule has 0 spiro atoms. The smallest absolute Gasteiger partial charge is 0.331 e. The van der Waals surface area contributed by atoms with Crippen molar-refractivity contribution in [2.24, 2.45) is 0 Å². The van der Waals surface area contributed by atoms with Crippen molar-refractivity contribution in [3.8, 4) is 5.75 Å². The number of carbonyl (C=O) groups is 1. The van der Waals surface area contributed by atoms with Crippen molar-refractivity contribution >= 4 is 28.6 Å². The van der Waals surface area contributed by atoms with E-state index in [1.165, 1.54) is 18.2 Å². The van der Waals surface area contributed by atoms with E-state index in [9.17, 15) is 14.9 Å². The van der Waals surface area contributed by atoms with Crippen molar-refractivity contribution in [1.29, 1.82) is 0 Å². The van der Waals surface area contributed by atoms with Crippen LogP contribution in [-0.2, 0) is 27.5 Å².